The van der Waals surface area contributed by atoms with Crippen LogP contribution in [0.3, 0.4) is 0 Å². The van der Waals surface area contributed by atoms with E-state index in [1.165, 1.54) is 11.1 Å². The zero-order valence-electron chi connectivity index (χ0n) is 26.5. The molecule has 0 fully saturated rings. The Labute approximate surface area is 266 Å². The van der Waals surface area contributed by atoms with Crippen molar-refractivity contribution in [3.63, 3.8) is 0 Å². The molecule has 0 aromatic heterocycles. The van der Waals surface area contributed by atoms with Gasteiger partial charge in [0, 0.05) is 26.6 Å². The first kappa shape index (κ1) is 37.4. The lowest BCUT2D eigenvalue weighted by molar-refractivity contribution is -0.158. The lowest BCUT2D eigenvalue weighted by Gasteiger charge is -2.08. The van der Waals surface area contributed by atoms with Crippen LogP contribution in [0.1, 0.15) is 61.6 Å². The molecule has 0 bridgehead atoms. The van der Waals surface area contributed by atoms with Gasteiger partial charge in [-0.25, -0.2) is 4.79 Å². The van der Waals surface area contributed by atoms with Crippen LogP contribution in [-0.2, 0) is 57.5 Å². The van der Waals surface area contributed by atoms with Crippen molar-refractivity contribution < 1.29 is 38.2 Å². The predicted molar refractivity (Wildman–Crippen MR) is 170 cm³/mol. The van der Waals surface area contributed by atoms with Crippen molar-refractivity contribution in [1.29, 1.82) is 0 Å². The second kappa shape index (κ2) is 24.5. The summed E-state index contributed by atoms with van der Waals surface area (Å²) in [6.45, 7) is 2.36. The van der Waals surface area contributed by atoms with Gasteiger partial charge in [0.1, 0.15) is 6.61 Å². The number of methoxy groups -OCH3 is 1. The number of carbonyl (C=O) groups excluding carboxylic acids is 4. The van der Waals surface area contributed by atoms with Gasteiger partial charge in [-0.05, 0) is 55.2 Å². The Morgan fingerprint density at radius 3 is 1.98 bits per heavy atom. The van der Waals surface area contributed by atoms with E-state index in [9.17, 15) is 19.2 Å². The molecule has 0 unspecified atom stereocenters. The highest BCUT2D eigenvalue weighted by molar-refractivity contribution is 5.80. The Morgan fingerprint density at radius 1 is 0.600 bits per heavy atom. The number of carbonyl (C=O) groups is 4. The van der Waals surface area contributed by atoms with Gasteiger partial charge in [0.2, 0.25) is 11.8 Å². The molecule has 0 saturated heterocycles. The number of nitrogens with one attached hydrogen (secondary N) is 3. The normalized spacial score (nSPS) is 10.7. The first-order chi connectivity index (χ1) is 22.0. The Hall–Kier alpha value is -3.80. The number of benzene rings is 2. The van der Waals surface area contributed by atoms with E-state index in [0.717, 1.165) is 44.1 Å². The first-order valence-electron chi connectivity index (χ1n) is 15.7. The van der Waals surface area contributed by atoms with Crippen LogP contribution in [0.2, 0.25) is 0 Å². The van der Waals surface area contributed by atoms with Crippen LogP contribution in [-0.4, -0.2) is 76.9 Å². The Balaban J connectivity index is 1.42. The van der Waals surface area contributed by atoms with Crippen LogP contribution >= 0.6 is 0 Å². The maximum atomic E-state index is 12.2. The fourth-order valence-corrected chi connectivity index (χ4v) is 4.30. The van der Waals surface area contributed by atoms with Gasteiger partial charge in [-0.2, -0.15) is 5.48 Å². The third kappa shape index (κ3) is 20.0. The number of ether oxygens (including phenoxy) is 3. The van der Waals surface area contributed by atoms with Gasteiger partial charge in [-0.3, -0.25) is 14.4 Å². The molecule has 0 radical (unpaired) electrons. The zero-order chi connectivity index (χ0) is 32.4. The molecule has 0 aliphatic rings. The topological polar surface area (TPSA) is 141 Å². The fourth-order valence-electron chi connectivity index (χ4n) is 4.30. The molecule has 0 saturated carbocycles. The summed E-state index contributed by atoms with van der Waals surface area (Å²) in [6, 6.07) is 18.3. The van der Waals surface area contributed by atoms with Gasteiger partial charge in [0.25, 0.3) is 5.91 Å². The number of hydroxylamine groups is 1. The first-order valence-corrected chi connectivity index (χ1v) is 15.7. The smallest absolute Gasteiger partial charge is 0.334 e. The fraction of sp³-hybridized carbons (Fsp3) is 0.529. The van der Waals surface area contributed by atoms with Crippen LogP contribution in [0.15, 0.2) is 54.6 Å². The second-order valence-corrected chi connectivity index (χ2v) is 10.6. The number of aryl methyl sites for hydroxylation is 2. The molecule has 11 heteroatoms. The Bertz CT molecular complexity index is 1110. The molecule has 0 heterocycles. The molecule has 45 heavy (non-hydrogen) atoms. The van der Waals surface area contributed by atoms with E-state index in [4.69, 9.17) is 19.0 Å². The molecule has 0 aliphatic carbocycles. The number of rotatable bonds is 24. The summed E-state index contributed by atoms with van der Waals surface area (Å²) in [5.74, 6) is -1.41. The lowest BCUT2D eigenvalue weighted by Crippen LogP contribution is -2.31. The Kier molecular flexibility index (Phi) is 20.4. The summed E-state index contributed by atoms with van der Waals surface area (Å²) in [6.07, 6.45) is 6.80. The molecular formula is C34H49N3O8. The highest BCUT2D eigenvalue weighted by atomic mass is 16.7. The van der Waals surface area contributed by atoms with Gasteiger partial charge in [0.05, 0.1) is 39.3 Å². The SMILES string of the molecule is COCCOCCOCC(=O)NCCCCCC(=O)NCCC(=O)ONC(=O)Cc1ccc(CCCCc2ccccc2)cc1. The maximum absolute atomic E-state index is 12.2. The highest BCUT2D eigenvalue weighted by Crippen LogP contribution is 2.11. The number of hydrogen-bond donors (Lipinski definition) is 3. The molecule has 11 nitrogen and oxygen atoms in total. The van der Waals surface area contributed by atoms with Crippen LogP contribution in [0.5, 0.6) is 0 Å². The van der Waals surface area contributed by atoms with Crippen molar-refractivity contribution in [3.8, 4) is 0 Å². The van der Waals surface area contributed by atoms with Gasteiger partial charge >= 0.3 is 5.97 Å². The van der Waals surface area contributed by atoms with Crippen molar-refractivity contribution in [2.45, 2.75) is 64.2 Å². The van der Waals surface area contributed by atoms with Crippen LogP contribution in [0.25, 0.3) is 0 Å². The largest absolute Gasteiger partial charge is 0.382 e. The van der Waals surface area contributed by atoms with Gasteiger partial charge in [-0.1, -0.05) is 61.0 Å². The van der Waals surface area contributed by atoms with Crippen molar-refractivity contribution in [3.05, 3.63) is 71.3 Å². The van der Waals surface area contributed by atoms with Crippen molar-refractivity contribution in [2.24, 2.45) is 0 Å². The van der Waals surface area contributed by atoms with E-state index in [1.807, 2.05) is 30.3 Å². The van der Waals surface area contributed by atoms with Crippen molar-refractivity contribution >= 4 is 23.7 Å². The van der Waals surface area contributed by atoms with Gasteiger partial charge in [0.15, 0.2) is 0 Å². The van der Waals surface area contributed by atoms with E-state index in [-0.39, 0.29) is 37.8 Å². The minimum absolute atomic E-state index is 0.0214. The monoisotopic (exact) mass is 627 g/mol. The molecule has 3 N–H and O–H groups in total. The summed E-state index contributed by atoms with van der Waals surface area (Å²) in [5, 5.41) is 5.44. The van der Waals surface area contributed by atoms with E-state index in [1.54, 1.807) is 7.11 Å². The molecule has 3 amide bonds. The van der Waals surface area contributed by atoms with Crippen LogP contribution < -0.4 is 16.1 Å². The second-order valence-electron chi connectivity index (χ2n) is 10.6. The number of unbranched alkanes of at least 4 members (excludes halogenated alkanes) is 3. The quantitative estimate of drug-likeness (QED) is 0.119. The minimum atomic E-state index is -0.632. The zero-order valence-corrected chi connectivity index (χ0v) is 26.5. The van der Waals surface area contributed by atoms with Gasteiger partial charge < -0.3 is 29.7 Å². The van der Waals surface area contributed by atoms with Gasteiger partial charge in [-0.15, -0.1) is 0 Å². The van der Waals surface area contributed by atoms with E-state index < -0.39 is 11.9 Å². The van der Waals surface area contributed by atoms with Crippen LogP contribution in [0, 0.1) is 0 Å². The van der Waals surface area contributed by atoms with E-state index >= 15 is 0 Å². The highest BCUT2D eigenvalue weighted by Gasteiger charge is 2.10. The molecule has 2 rings (SSSR count). The predicted octanol–water partition coefficient (Wildman–Crippen LogP) is 3.23. The average Bonchev–Trinajstić information content (AvgIpc) is 3.04. The molecule has 0 spiro atoms. The average molecular weight is 628 g/mol. The molecule has 248 valence electrons. The summed E-state index contributed by atoms with van der Waals surface area (Å²) >= 11 is 0. The van der Waals surface area contributed by atoms with Crippen molar-refractivity contribution in [2.75, 3.05) is 53.2 Å². The van der Waals surface area contributed by atoms with E-state index in [0.29, 0.717) is 45.8 Å². The molecule has 0 aliphatic heterocycles. The summed E-state index contributed by atoms with van der Waals surface area (Å²) in [7, 11) is 1.60. The summed E-state index contributed by atoms with van der Waals surface area (Å²) in [4.78, 5) is 52.6. The van der Waals surface area contributed by atoms with Crippen LogP contribution in [0.4, 0.5) is 0 Å². The Morgan fingerprint density at radius 2 is 1.24 bits per heavy atom. The molecular weight excluding hydrogens is 578 g/mol. The minimum Gasteiger partial charge on any atom is -0.382 e. The molecule has 2 aromatic carbocycles. The third-order valence-corrected chi connectivity index (χ3v) is 6.78. The molecule has 2 aromatic rings. The van der Waals surface area contributed by atoms with E-state index in [2.05, 4.69) is 40.4 Å². The van der Waals surface area contributed by atoms with Crippen molar-refractivity contribution in [1.82, 2.24) is 16.1 Å². The molecule has 0 atom stereocenters. The standard InChI is InChI=1S/C34H49N3O8/c1-42-22-23-43-24-25-44-27-33(40)35-20-9-3-6-14-31(38)36-21-19-34(41)45-37-32(39)26-30-17-15-29(16-18-30)13-8-7-12-28-10-4-2-5-11-28/h2,4-5,10-11,15-18H,3,6-9,12-14,19-27H2,1H3,(H,35,40)(H,36,38)(H,37,39). The number of amides is 3. The number of hydrogen-bond acceptors (Lipinski definition) is 8. The maximum Gasteiger partial charge on any atom is 0.334 e. The summed E-state index contributed by atoms with van der Waals surface area (Å²) in [5.41, 5.74) is 5.59. The third-order valence-electron chi connectivity index (χ3n) is 6.78. The lowest BCUT2D eigenvalue weighted by atomic mass is 10.0. The summed E-state index contributed by atoms with van der Waals surface area (Å²) < 4.78 is 15.3.